The minimum Gasteiger partial charge on any atom is -0.454 e. The summed E-state index contributed by atoms with van der Waals surface area (Å²) in [5.74, 6) is 2.45. The van der Waals surface area contributed by atoms with Crippen LogP contribution in [0.15, 0.2) is 71.7 Å². The molecule has 3 aromatic carbocycles. The molecule has 1 saturated heterocycles. The lowest BCUT2D eigenvalue weighted by atomic mass is 10.1. The largest absolute Gasteiger partial charge is 0.454 e. The summed E-state index contributed by atoms with van der Waals surface area (Å²) in [4.78, 5) is 9.74. The maximum atomic E-state index is 8.98. The molecule has 2 heterocycles. The van der Waals surface area contributed by atoms with E-state index in [1.165, 1.54) is 5.56 Å². The van der Waals surface area contributed by atoms with Gasteiger partial charge < -0.3 is 9.64 Å². The average molecular weight is 429 g/mol. The number of rotatable bonds is 2. The first-order valence-corrected chi connectivity index (χ1v) is 10.7. The van der Waals surface area contributed by atoms with Gasteiger partial charge in [-0.05, 0) is 48.0 Å². The van der Waals surface area contributed by atoms with Gasteiger partial charge in [-0.3, -0.25) is 4.90 Å². The summed E-state index contributed by atoms with van der Waals surface area (Å²) in [7, 11) is 0. The quantitative estimate of drug-likeness (QED) is 0.562. The van der Waals surface area contributed by atoms with Crippen LogP contribution in [0.1, 0.15) is 16.7 Å². The van der Waals surface area contributed by atoms with Gasteiger partial charge in [-0.25, -0.2) is 4.99 Å². The third-order valence-electron chi connectivity index (χ3n) is 5.66. The summed E-state index contributed by atoms with van der Waals surface area (Å²) < 4.78 is 6.16. The molecule has 5 rings (SSSR count). The van der Waals surface area contributed by atoms with E-state index in [0.29, 0.717) is 16.3 Å². The summed E-state index contributed by atoms with van der Waals surface area (Å²) in [5, 5.41) is 9.62. The van der Waals surface area contributed by atoms with Crippen molar-refractivity contribution in [3.8, 4) is 17.6 Å². The van der Waals surface area contributed by atoms with E-state index < -0.39 is 0 Å². The third-order valence-corrected chi connectivity index (χ3v) is 5.89. The number of halogens is 1. The van der Waals surface area contributed by atoms with E-state index in [4.69, 9.17) is 26.6 Å². The molecule has 0 atom stereocenters. The zero-order valence-corrected chi connectivity index (χ0v) is 17.7. The number of aliphatic imine (C=N–C) groups is 1. The van der Waals surface area contributed by atoms with Crippen LogP contribution in [0.5, 0.6) is 11.5 Å². The topological polar surface area (TPSA) is 51.9 Å². The fourth-order valence-electron chi connectivity index (χ4n) is 4.00. The van der Waals surface area contributed by atoms with E-state index in [0.717, 1.165) is 55.6 Å². The highest BCUT2D eigenvalue weighted by atomic mass is 35.5. The molecule has 2 aliphatic heterocycles. The molecule has 0 spiro atoms. The van der Waals surface area contributed by atoms with Crippen molar-refractivity contribution < 1.29 is 4.74 Å². The second-order valence-electron chi connectivity index (χ2n) is 7.72. The predicted octanol–water partition coefficient (Wildman–Crippen LogP) is 5.21. The molecule has 0 aromatic heterocycles. The average Bonchev–Trinajstić information content (AvgIpc) is 2.97. The Labute approximate surface area is 186 Å². The Morgan fingerprint density at radius 2 is 1.71 bits per heavy atom. The van der Waals surface area contributed by atoms with Gasteiger partial charge in [0.25, 0.3) is 0 Å². The highest BCUT2D eigenvalue weighted by Gasteiger charge is 2.25. The molecule has 2 aliphatic rings. The summed E-state index contributed by atoms with van der Waals surface area (Å²) in [6.07, 6.45) is 0. The summed E-state index contributed by atoms with van der Waals surface area (Å²) >= 11 is 6.23. The highest BCUT2D eigenvalue weighted by molar-refractivity contribution is 6.31. The van der Waals surface area contributed by atoms with Crippen LogP contribution in [-0.2, 0) is 6.54 Å². The van der Waals surface area contributed by atoms with E-state index in [1.807, 2.05) is 60.7 Å². The molecule has 154 valence electrons. The second kappa shape index (κ2) is 8.43. The van der Waals surface area contributed by atoms with Gasteiger partial charge in [-0.1, -0.05) is 35.9 Å². The van der Waals surface area contributed by atoms with Crippen LogP contribution in [0.3, 0.4) is 0 Å². The van der Waals surface area contributed by atoms with Crippen LogP contribution in [0, 0.1) is 11.3 Å². The second-order valence-corrected chi connectivity index (χ2v) is 8.15. The SMILES string of the molecule is N#Cc1ccc(CN2CCN(C3=Nc4cc(Cl)ccc4Oc4ccccc43)CC2)cc1. The molecule has 1 fully saturated rings. The van der Waals surface area contributed by atoms with Crippen LogP contribution >= 0.6 is 11.6 Å². The van der Waals surface area contributed by atoms with E-state index in [-0.39, 0.29) is 0 Å². The van der Waals surface area contributed by atoms with Gasteiger partial charge in [0.2, 0.25) is 0 Å². The van der Waals surface area contributed by atoms with Crippen molar-refractivity contribution in [2.45, 2.75) is 6.54 Å². The predicted molar refractivity (Wildman–Crippen MR) is 122 cm³/mol. The lowest BCUT2D eigenvalue weighted by molar-refractivity contribution is 0.175. The number of hydrogen-bond donors (Lipinski definition) is 0. The van der Waals surface area contributed by atoms with Gasteiger partial charge in [0, 0.05) is 37.7 Å². The Kier molecular flexibility index (Phi) is 5.33. The first-order valence-electron chi connectivity index (χ1n) is 10.3. The molecule has 6 heteroatoms. The third kappa shape index (κ3) is 4.13. The minimum atomic E-state index is 0.642. The zero-order valence-electron chi connectivity index (χ0n) is 17.0. The van der Waals surface area contributed by atoms with Gasteiger partial charge in [-0.2, -0.15) is 5.26 Å². The van der Waals surface area contributed by atoms with E-state index in [1.54, 1.807) is 0 Å². The Morgan fingerprint density at radius 3 is 2.48 bits per heavy atom. The van der Waals surface area contributed by atoms with E-state index in [9.17, 15) is 0 Å². The first-order chi connectivity index (χ1) is 15.2. The number of hydrogen-bond acceptors (Lipinski definition) is 5. The van der Waals surface area contributed by atoms with Crippen molar-refractivity contribution in [3.05, 3.63) is 88.4 Å². The molecule has 0 amide bonds. The van der Waals surface area contributed by atoms with Crippen LogP contribution in [0.4, 0.5) is 5.69 Å². The molecular weight excluding hydrogens is 408 g/mol. The minimum absolute atomic E-state index is 0.642. The molecule has 0 aliphatic carbocycles. The molecule has 3 aromatic rings. The summed E-state index contributed by atoms with van der Waals surface area (Å²) in [6, 6.07) is 23.6. The Bertz CT molecular complexity index is 1170. The fraction of sp³-hybridized carbons (Fsp3) is 0.200. The smallest absolute Gasteiger partial charge is 0.153 e. The van der Waals surface area contributed by atoms with Crippen molar-refractivity contribution in [2.75, 3.05) is 26.2 Å². The number of fused-ring (bicyclic) bond motifs is 2. The Balaban J connectivity index is 1.36. The number of amidine groups is 1. The first kappa shape index (κ1) is 19.6. The van der Waals surface area contributed by atoms with Crippen molar-refractivity contribution in [3.63, 3.8) is 0 Å². The van der Waals surface area contributed by atoms with Gasteiger partial charge in [0.15, 0.2) is 5.75 Å². The number of nitriles is 1. The fourth-order valence-corrected chi connectivity index (χ4v) is 4.17. The molecule has 5 nitrogen and oxygen atoms in total. The van der Waals surface area contributed by atoms with E-state index in [2.05, 4.69) is 21.9 Å². The number of para-hydroxylation sites is 1. The molecule has 0 bridgehead atoms. The Morgan fingerprint density at radius 1 is 0.935 bits per heavy atom. The maximum Gasteiger partial charge on any atom is 0.153 e. The van der Waals surface area contributed by atoms with Crippen LogP contribution in [0.2, 0.25) is 5.02 Å². The Hall–Kier alpha value is -3.33. The van der Waals surface area contributed by atoms with Gasteiger partial charge in [0.1, 0.15) is 17.3 Å². The van der Waals surface area contributed by atoms with Gasteiger partial charge >= 0.3 is 0 Å². The lowest BCUT2D eigenvalue weighted by Crippen LogP contribution is -2.48. The van der Waals surface area contributed by atoms with Gasteiger partial charge in [0.05, 0.1) is 17.2 Å². The molecular formula is C25H21ClN4O. The molecule has 0 unspecified atom stereocenters. The number of ether oxygens (including phenoxy) is 1. The van der Waals surface area contributed by atoms with Gasteiger partial charge in [-0.15, -0.1) is 0 Å². The molecule has 0 saturated carbocycles. The normalized spacial score (nSPS) is 15.7. The number of piperazine rings is 1. The lowest BCUT2D eigenvalue weighted by Gasteiger charge is -2.36. The zero-order chi connectivity index (χ0) is 21.2. The highest BCUT2D eigenvalue weighted by Crippen LogP contribution is 2.39. The van der Waals surface area contributed by atoms with Crippen molar-refractivity contribution in [1.29, 1.82) is 5.26 Å². The summed E-state index contributed by atoms with van der Waals surface area (Å²) in [6.45, 7) is 4.50. The molecule has 0 N–H and O–H groups in total. The van der Waals surface area contributed by atoms with Crippen molar-refractivity contribution in [2.24, 2.45) is 4.99 Å². The molecule has 31 heavy (non-hydrogen) atoms. The van der Waals surface area contributed by atoms with Crippen molar-refractivity contribution >= 4 is 23.1 Å². The molecule has 0 radical (unpaired) electrons. The summed E-state index contributed by atoms with van der Waals surface area (Å²) in [5.41, 5.74) is 3.66. The monoisotopic (exact) mass is 428 g/mol. The van der Waals surface area contributed by atoms with Crippen LogP contribution < -0.4 is 4.74 Å². The maximum absolute atomic E-state index is 8.98. The van der Waals surface area contributed by atoms with E-state index >= 15 is 0 Å². The van der Waals surface area contributed by atoms with Crippen LogP contribution in [0.25, 0.3) is 0 Å². The number of benzene rings is 3. The number of nitrogens with zero attached hydrogens (tertiary/aromatic N) is 4. The van der Waals surface area contributed by atoms with Crippen LogP contribution in [-0.4, -0.2) is 41.8 Å². The standard InChI is InChI=1S/C25H21ClN4O/c26-20-9-10-24-22(15-20)28-25(21-3-1-2-4-23(21)31-24)30-13-11-29(12-14-30)17-19-7-5-18(16-27)6-8-19/h1-10,15H,11-14,17H2. The van der Waals surface area contributed by atoms with Crippen molar-refractivity contribution in [1.82, 2.24) is 9.80 Å².